The number of thiophene rings is 2. The summed E-state index contributed by atoms with van der Waals surface area (Å²) in [5.41, 5.74) is 7.66. The van der Waals surface area contributed by atoms with Gasteiger partial charge >= 0.3 is 0 Å². The lowest BCUT2D eigenvalue weighted by molar-refractivity contribution is 1.68. The fourth-order valence-electron chi connectivity index (χ4n) is 10.1. The summed E-state index contributed by atoms with van der Waals surface area (Å²) < 4.78 is 5.38. The van der Waals surface area contributed by atoms with Crippen LogP contribution in [0, 0.1) is 0 Å². The predicted molar refractivity (Wildman–Crippen MR) is 256 cm³/mol. The highest BCUT2D eigenvalue weighted by Crippen LogP contribution is 2.51. The van der Waals surface area contributed by atoms with Crippen molar-refractivity contribution in [2.24, 2.45) is 0 Å². The minimum absolute atomic E-state index is 1.26. The van der Waals surface area contributed by atoms with Crippen LogP contribution in [0.5, 0.6) is 0 Å². The van der Waals surface area contributed by atoms with Gasteiger partial charge < -0.3 is 0 Å². The van der Waals surface area contributed by atoms with Gasteiger partial charge in [0.1, 0.15) is 0 Å². The van der Waals surface area contributed by atoms with E-state index in [0.717, 1.165) is 0 Å². The molecule has 0 fully saturated rings. The molecule has 0 aliphatic heterocycles. The molecule has 0 spiro atoms. The number of hydrogen-bond donors (Lipinski definition) is 0. The van der Waals surface area contributed by atoms with Gasteiger partial charge in [-0.05, 0) is 112 Å². The second kappa shape index (κ2) is 12.3. The van der Waals surface area contributed by atoms with E-state index in [-0.39, 0.29) is 0 Å². The van der Waals surface area contributed by atoms with Crippen LogP contribution in [0.15, 0.2) is 194 Å². The largest absolute Gasteiger partial charge is 0.135 e. The third-order valence-corrected chi connectivity index (χ3v) is 14.7. The van der Waals surface area contributed by atoms with Gasteiger partial charge in [0, 0.05) is 40.3 Å². The Bertz CT molecular complexity index is 3800. The quantitative estimate of drug-likeness (QED) is 0.157. The Morgan fingerprint density at radius 3 is 1.33 bits per heavy atom. The van der Waals surface area contributed by atoms with Crippen LogP contribution in [0.25, 0.3) is 128 Å². The smallest absolute Gasteiger partial charge is 0.0368 e. The second-order valence-corrected chi connectivity index (χ2v) is 17.6. The fraction of sp³-hybridized carbons (Fsp3) is 0. The average molecular weight is 769 g/mol. The van der Waals surface area contributed by atoms with Crippen LogP contribution >= 0.6 is 22.7 Å². The lowest BCUT2D eigenvalue weighted by atomic mass is 9.82. The highest BCUT2D eigenvalue weighted by Gasteiger charge is 2.22. The summed E-state index contributed by atoms with van der Waals surface area (Å²) in [4.78, 5) is 0. The summed E-state index contributed by atoms with van der Waals surface area (Å²) in [6.45, 7) is 0. The summed E-state index contributed by atoms with van der Waals surface area (Å²) in [6.07, 6.45) is 0. The van der Waals surface area contributed by atoms with Crippen molar-refractivity contribution in [3.8, 4) is 33.4 Å². The molecule has 0 atom stereocenters. The molecule has 11 aromatic carbocycles. The first-order chi connectivity index (χ1) is 28.8. The molecule has 0 saturated carbocycles. The van der Waals surface area contributed by atoms with Crippen molar-refractivity contribution in [1.29, 1.82) is 0 Å². The molecule has 0 unspecified atom stereocenters. The van der Waals surface area contributed by atoms with E-state index in [4.69, 9.17) is 0 Å². The van der Waals surface area contributed by atoms with Crippen LogP contribution in [0.1, 0.15) is 0 Å². The number of rotatable bonds is 3. The zero-order valence-electron chi connectivity index (χ0n) is 31.3. The van der Waals surface area contributed by atoms with Crippen LogP contribution in [-0.4, -0.2) is 0 Å². The normalized spacial score (nSPS) is 12.1. The van der Waals surface area contributed by atoms with Gasteiger partial charge in [0.25, 0.3) is 0 Å². The van der Waals surface area contributed by atoms with Gasteiger partial charge in [0.2, 0.25) is 0 Å². The monoisotopic (exact) mass is 768 g/mol. The van der Waals surface area contributed by atoms with Gasteiger partial charge in [-0.3, -0.25) is 0 Å². The Hall–Kier alpha value is -6.84. The lowest BCUT2D eigenvalue weighted by Gasteiger charge is -2.20. The molecule has 13 aromatic rings. The third kappa shape index (κ3) is 4.50. The van der Waals surface area contributed by atoms with Gasteiger partial charge in [-0.25, -0.2) is 0 Å². The standard InChI is InChI=1S/C56H32S2/c1-2-16-34-33(14-1)15-13-26-39(34)52-41-21-7-9-23-43(41)53(44-24-10-8-22-42(44)52)45-29-28-38(35-17-3-4-18-36(35)45)47-32-51-54(40-20-6-5-19-37(40)47)56-50(58-51)31-30-49-55(56)46-25-11-12-27-48(46)57-49/h1-32H. The fourth-order valence-corrected chi connectivity index (χ4v) is 12.3. The molecule has 0 amide bonds. The Morgan fingerprint density at radius 1 is 0.224 bits per heavy atom. The van der Waals surface area contributed by atoms with Gasteiger partial charge in [-0.2, -0.15) is 0 Å². The Morgan fingerprint density at radius 2 is 0.655 bits per heavy atom. The molecule has 0 radical (unpaired) electrons. The van der Waals surface area contributed by atoms with Crippen LogP contribution in [-0.2, 0) is 0 Å². The molecular formula is C56H32S2. The maximum atomic E-state index is 2.48. The Balaban J connectivity index is 1.09. The predicted octanol–water partition coefficient (Wildman–Crippen LogP) is 17.2. The molecular weight excluding hydrogens is 737 g/mol. The average Bonchev–Trinajstić information content (AvgIpc) is 3.86. The molecule has 0 aliphatic rings. The van der Waals surface area contributed by atoms with E-state index in [2.05, 4.69) is 194 Å². The van der Waals surface area contributed by atoms with Crippen molar-refractivity contribution >= 4 is 117 Å². The van der Waals surface area contributed by atoms with E-state index < -0.39 is 0 Å². The van der Waals surface area contributed by atoms with Crippen molar-refractivity contribution in [3.63, 3.8) is 0 Å². The van der Waals surface area contributed by atoms with Crippen molar-refractivity contribution in [2.45, 2.75) is 0 Å². The van der Waals surface area contributed by atoms with Crippen molar-refractivity contribution in [1.82, 2.24) is 0 Å². The molecule has 0 saturated heterocycles. The Labute approximate surface area is 342 Å². The van der Waals surface area contributed by atoms with Crippen LogP contribution < -0.4 is 0 Å². The summed E-state index contributed by atoms with van der Waals surface area (Å²) in [5.74, 6) is 0. The molecule has 2 aromatic heterocycles. The van der Waals surface area contributed by atoms with Crippen molar-refractivity contribution in [2.75, 3.05) is 0 Å². The van der Waals surface area contributed by atoms with Crippen LogP contribution in [0.2, 0.25) is 0 Å². The minimum Gasteiger partial charge on any atom is -0.135 e. The molecule has 0 nitrogen and oxygen atoms in total. The maximum Gasteiger partial charge on any atom is 0.0368 e. The highest BCUT2D eigenvalue weighted by molar-refractivity contribution is 7.28. The van der Waals surface area contributed by atoms with E-state index >= 15 is 0 Å². The van der Waals surface area contributed by atoms with E-state index in [1.807, 2.05) is 22.7 Å². The zero-order chi connectivity index (χ0) is 37.9. The first-order valence-corrected chi connectivity index (χ1v) is 21.6. The van der Waals surface area contributed by atoms with Gasteiger partial charge in [0.15, 0.2) is 0 Å². The van der Waals surface area contributed by atoms with Crippen molar-refractivity contribution in [3.05, 3.63) is 194 Å². The second-order valence-electron chi connectivity index (χ2n) is 15.4. The molecule has 268 valence electrons. The zero-order valence-corrected chi connectivity index (χ0v) is 32.9. The van der Waals surface area contributed by atoms with E-state index in [0.29, 0.717) is 0 Å². The molecule has 13 rings (SSSR count). The molecule has 0 N–H and O–H groups in total. The molecule has 58 heavy (non-hydrogen) atoms. The van der Waals surface area contributed by atoms with Crippen LogP contribution in [0.3, 0.4) is 0 Å². The molecule has 0 aliphatic carbocycles. The third-order valence-electron chi connectivity index (χ3n) is 12.5. The first-order valence-electron chi connectivity index (χ1n) is 19.9. The lowest BCUT2D eigenvalue weighted by Crippen LogP contribution is -1.93. The minimum atomic E-state index is 1.26. The SMILES string of the molecule is c1ccc2c(-c3c4ccccc4c(-c4ccc(-c5cc6sc7ccc8sc9ccccc9c8c7c6c6ccccc56)c5ccccc45)c4ccccc34)cccc2c1. The molecule has 2 heteroatoms. The number of benzene rings is 11. The van der Waals surface area contributed by atoms with E-state index in [1.54, 1.807) is 0 Å². The highest BCUT2D eigenvalue weighted by atomic mass is 32.1. The number of hydrogen-bond acceptors (Lipinski definition) is 2. The molecule has 2 heterocycles. The summed E-state index contributed by atoms with van der Waals surface area (Å²) in [5, 5.41) is 18.3. The summed E-state index contributed by atoms with van der Waals surface area (Å²) in [7, 11) is 0. The first kappa shape index (κ1) is 32.3. The summed E-state index contributed by atoms with van der Waals surface area (Å²) >= 11 is 3.83. The Kier molecular flexibility index (Phi) is 6.86. The van der Waals surface area contributed by atoms with E-state index in [9.17, 15) is 0 Å². The van der Waals surface area contributed by atoms with E-state index in [1.165, 1.54) is 128 Å². The topological polar surface area (TPSA) is 0 Å². The maximum absolute atomic E-state index is 2.48. The van der Waals surface area contributed by atoms with Gasteiger partial charge in [0.05, 0.1) is 0 Å². The summed E-state index contributed by atoms with van der Waals surface area (Å²) in [6, 6.07) is 72.5. The van der Waals surface area contributed by atoms with Gasteiger partial charge in [-0.15, -0.1) is 22.7 Å². The molecule has 0 bridgehead atoms. The number of fused-ring (bicyclic) bond motifs is 13. The van der Waals surface area contributed by atoms with Crippen molar-refractivity contribution < 1.29 is 0 Å². The van der Waals surface area contributed by atoms with Crippen LogP contribution in [0.4, 0.5) is 0 Å². The van der Waals surface area contributed by atoms with Gasteiger partial charge in [-0.1, -0.05) is 170 Å².